The van der Waals surface area contributed by atoms with Crippen LogP contribution in [0.25, 0.3) is 5.65 Å². The van der Waals surface area contributed by atoms with E-state index in [1.54, 1.807) is 35.6 Å². The van der Waals surface area contributed by atoms with E-state index < -0.39 is 17.7 Å². The van der Waals surface area contributed by atoms with Crippen molar-refractivity contribution in [2.75, 3.05) is 29.4 Å². The molecule has 0 spiro atoms. The average Bonchev–Trinajstić information content (AvgIpc) is 3.21. The van der Waals surface area contributed by atoms with Gasteiger partial charge in [-0.25, -0.2) is 9.37 Å². The van der Waals surface area contributed by atoms with Crippen molar-refractivity contribution in [2.45, 2.75) is 46.1 Å². The van der Waals surface area contributed by atoms with Crippen LogP contribution >= 0.6 is 0 Å². The number of anilines is 2. The molecule has 2 aromatic carbocycles. The summed E-state index contributed by atoms with van der Waals surface area (Å²) in [6.07, 6.45) is -2.89. The maximum absolute atomic E-state index is 15.3. The molecule has 216 valence electrons. The molecule has 3 heterocycles. The highest BCUT2D eigenvalue weighted by atomic mass is 19.4. The maximum Gasteiger partial charge on any atom is 0.573 e. The first kappa shape index (κ1) is 28.3. The number of amides is 1. The van der Waals surface area contributed by atoms with E-state index in [2.05, 4.69) is 19.9 Å². The molecule has 0 bridgehead atoms. The van der Waals surface area contributed by atoms with Crippen molar-refractivity contribution in [3.8, 4) is 5.75 Å². The average molecular weight is 570 g/mol. The molecule has 0 aliphatic carbocycles. The van der Waals surface area contributed by atoms with Gasteiger partial charge in [0, 0.05) is 38.1 Å². The van der Waals surface area contributed by atoms with Crippen LogP contribution in [-0.4, -0.2) is 46.8 Å². The number of nitrogens with one attached hydrogen (secondary N) is 1. The summed E-state index contributed by atoms with van der Waals surface area (Å²) < 4.78 is 58.6. The van der Waals surface area contributed by atoms with E-state index in [4.69, 9.17) is 0 Å². The summed E-state index contributed by atoms with van der Waals surface area (Å²) in [6.45, 7) is 9.44. The molecule has 1 fully saturated rings. The first-order valence-electron chi connectivity index (χ1n) is 13.2. The molecule has 0 saturated carbocycles. The van der Waals surface area contributed by atoms with Crippen LogP contribution in [0.2, 0.25) is 0 Å². The third kappa shape index (κ3) is 6.08. The van der Waals surface area contributed by atoms with Gasteiger partial charge in [-0.2, -0.15) is 0 Å². The number of rotatable bonds is 6. The molecule has 5 rings (SSSR count). The topological polar surface area (TPSA) is 62.1 Å². The van der Waals surface area contributed by atoms with Gasteiger partial charge in [0.15, 0.2) is 0 Å². The van der Waals surface area contributed by atoms with Crippen molar-refractivity contribution in [3.63, 3.8) is 0 Å². The highest BCUT2D eigenvalue weighted by molar-refractivity contribution is 5.94. The number of halogens is 4. The molecule has 0 unspecified atom stereocenters. The quantitative estimate of drug-likeness (QED) is 0.288. The lowest BCUT2D eigenvalue weighted by Gasteiger charge is -2.49. The molecular formula is C30H31F4N5O2. The number of nitrogens with zero attached hydrogens (tertiary/aromatic N) is 4. The summed E-state index contributed by atoms with van der Waals surface area (Å²) in [7, 11) is 0. The fourth-order valence-corrected chi connectivity index (χ4v) is 5.39. The molecule has 1 aliphatic rings. The Morgan fingerprint density at radius 3 is 2.44 bits per heavy atom. The van der Waals surface area contributed by atoms with Gasteiger partial charge < -0.3 is 19.9 Å². The fraction of sp³-hybridized carbons (Fsp3) is 0.333. The molecule has 7 nitrogen and oxygen atoms in total. The molecule has 2 aromatic heterocycles. The zero-order valence-electron chi connectivity index (χ0n) is 23.2. The fourth-order valence-electron chi connectivity index (χ4n) is 5.39. The zero-order chi connectivity index (χ0) is 29.5. The minimum absolute atomic E-state index is 0.155. The Labute approximate surface area is 235 Å². The second-order valence-corrected chi connectivity index (χ2v) is 10.9. The van der Waals surface area contributed by atoms with Gasteiger partial charge in [-0.05, 0) is 81.3 Å². The van der Waals surface area contributed by atoms with Gasteiger partial charge in [0.1, 0.15) is 22.9 Å². The molecular weight excluding hydrogens is 538 g/mol. The predicted molar refractivity (Wildman–Crippen MR) is 149 cm³/mol. The zero-order valence-corrected chi connectivity index (χ0v) is 23.2. The first-order chi connectivity index (χ1) is 19.3. The molecule has 0 atom stereocenters. The van der Waals surface area contributed by atoms with Crippen LogP contribution in [0.3, 0.4) is 0 Å². The number of imidazole rings is 1. The largest absolute Gasteiger partial charge is 0.573 e. The standard InChI is InChI=1S/C30H31F4N5O2/c1-19-5-12-26-36-20(2)27(38(26)17-19)28(40)35-16-21-6-11-25(24(31)15-21)37-13-14-39(29(3,4)18-37)22-7-9-23(10-8-22)41-30(32,33)34/h5-12,15,17H,13-14,16,18H2,1-4H3,(H,35,40). The van der Waals surface area contributed by atoms with Gasteiger partial charge >= 0.3 is 6.36 Å². The summed E-state index contributed by atoms with van der Waals surface area (Å²) in [4.78, 5) is 21.5. The monoisotopic (exact) mass is 569 g/mol. The minimum Gasteiger partial charge on any atom is -0.406 e. The SMILES string of the molecule is Cc1ccc2nc(C)c(C(=O)NCc3ccc(N4CCN(c5ccc(OC(F)(F)F)cc5)C(C)(C)C4)c(F)c3)n2c1. The van der Waals surface area contributed by atoms with Crippen molar-refractivity contribution >= 4 is 22.9 Å². The Kier molecular flexibility index (Phi) is 7.31. The van der Waals surface area contributed by atoms with Crippen LogP contribution in [0.5, 0.6) is 5.75 Å². The van der Waals surface area contributed by atoms with Gasteiger partial charge in [0.25, 0.3) is 5.91 Å². The number of fused-ring (bicyclic) bond motifs is 1. The van der Waals surface area contributed by atoms with Crippen LogP contribution < -0.4 is 19.9 Å². The Bertz CT molecular complexity index is 1580. The van der Waals surface area contributed by atoms with Crippen LogP contribution in [0, 0.1) is 19.7 Å². The molecule has 1 aliphatic heterocycles. The second kappa shape index (κ2) is 10.6. The second-order valence-electron chi connectivity index (χ2n) is 10.9. The van der Waals surface area contributed by atoms with Crippen LogP contribution in [0.15, 0.2) is 60.8 Å². The lowest BCUT2D eigenvalue weighted by atomic mass is 9.97. The van der Waals surface area contributed by atoms with E-state index >= 15 is 4.39 Å². The minimum atomic E-state index is -4.75. The smallest absolute Gasteiger partial charge is 0.406 e. The number of piperazine rings is 1. The highest BCUT2D eigenvalue weighted by Crippen LogP contribution is 2.33. The van der Waals surface area contributed by atoms with Crippen molar-refractivity contribution in [1.82, 2.24) is 14.7 Å². The van der Waals surface area contributed by atoms with Crippen molar-refractivity contribution < 1.29 is 27.1 Å². The summed E-state index contributed by atoms with van der Waals surface area (Å²) >= 11 is 0. The number of hydrogen-bond donors (Lipinski definition) is 1. The molecule has 1 amide bonds. The molecule has 1 N–H and O–H groups in total. The molecule has 1 saturated heterocycles. The highest BCUT2D eigenvalue weighted by Gasteiger charge is 2.35. The normalized spacial score (nSPS) is 15.3. The van der Waals surface area contributed by atoms with Gasteiger partial charge in [-0.15, -0.1) is 13.2 Å². The number of hydrogen-bond acceptors (Lipinski definition) is 5. The Morgan fingerprint density at radius 2 is 1.78 bits per heavy atom. The molecule has 41 heavy (non-hydrogen) atoms. The summed E-state index contributed by atoms with van der Waals surface area (Å²) in [5.41, 5.74) is 4.14. The van der Waals surface area contributed by atoms with Gasteiger partial charge in [-0.1, -0.05) is 12.1 Å². The Morgan fingerprint density at radius 1 is 1.05 bits per heavy atom. The third-order valence-corrected chi connectivity index (χ3v) is 7.25. The van der Waals surface area contributed by atoms with Crippen LogP contribution in [0.1, 0.15) is 41.2 Å². The number of ether oxygens (including phenoxy) is 1. The number of aromatic nitrogens is 2. The predicted octanol–water partition coefficient (Wildman–Crippen LogP) is 6.02. The number of aryl methyl sites for hydroxylation is 2. The van der Waals surface area contributed by atoms with Crippen molar-refractivity contribution in [1.29, 1.82) is 0 Å². The summed E-state index contributed by atoms with van der Waals surface area (Å²) in [5.74, 6) is -0.961. The summed E-state index contributed by atoms with van der Waals surface area (Å²) in [6, 6.07) is 14.5. The van der Waals surface area contributed by atoms with Crippen LogP contribution in [0.4, 0.5) is 28.9 Å². The molecule has 11 heteroatoms. The van der Waals surface area contributed by atoms with E-state index in [1.165, 1.54) is 18.2 Å². The van der Waals surface area contributed by atoms with Gasteiger partial charge in [0.2, 0.25) is 0 Å². The number of carbonyl (C=O) groups is 1. The number of benzene rings is 2. The molecule has 0 radical (unpaired) electrons. The van der Waals surface area contributed by atoms with Gasteiger partial charge in [-0.3, -0.25) is 9.20 Å². The van der Waals surface area contributed by atoms with Gasteiger partial charge in [0.05, 0.1) is 16.9 Å². The van der Waals surface area contributed by atoms with Crippen molar-refractivity contribution in [2.24, 2.45) is 0 Å². The van der Waals surface area contributed by atoms with E-state index in [0.29, 0.717) is 47.9 Å². The lowest BCUT2D eigenvalue weighted by Crippen LogP contribution is -2.60. The van der Waals surface area contributed by atoms with E-state index in [0.717, 1.165) is 11.3 Å². The van der Waals surface area contributed by atoms with E-state index in [9.17, 15) is 18.0 Å². The Balaban J connectivity index is 1.24. The first-order valence-corrected chi connectivity index (χ1v) is 13.2. The number of pyridine rings is 1. The molecule has 4 aromatic rings. The van der Waals surface area contributed by atoms with E-state index in [1.807, 2.05) is 44.0 Å². The maximum atomic E-state index is 15.3. The number of alkyl halides is 3. The summed E-state index contributed by atoms with van der Waals surface area (Å²) in [5, 5.41) is 2.88. The van der Waals surface area contributed by atoms with Crippen LogP contribution in [-0.2, 0) is 6.54 Å². The van der Waals surface area contributed by atoms with Crippen molar-refractivity contribution in [3.05, 3.63) is 89.1 Å². The third-order valence-electron chi connectivity index (χ3n) is 7.25. The Hall–Kier alpha value is -4.28. The van der Waals surface area contributed by atoms with E-state index in [-0.39, 0.29) is 18.2 Å². The number of carbonyl (C=O) groups excluding carboxylic acids is 1. The lowest BCUT2D eigenvalue weighted by molar-refractivity contribution is -0.274.